The highest BCUT2D eigenvalue weighted by Crippen LogP contribution is 2.49. The maximum atomic E-state index is 5.16. The lowest BCUT2D eigenvalue weighted by Gasteiger charge is -2.21. The first kappa shape index (κ1) is 30.5. The molecule has 0 N–H and O–H groups in total. The fourth-order valence-electron chi connectivity index (χ4n) is 7.49. The first-order valence-corrected chi connectivity index (χ1v) is 18.2. The molecule has 0 amide bonds. The lowest BCUT2D eigenvalue weighted by molar-refractivity contribution is 0.660. The molecule has 3 aromatic heterocycles. The van der Waals surface area contributed by atoms with E-state index in [0.717, 1.165) is 49.1 Å². The Morgan fingerprint density at radius 2 is 0.942 bits per heavy atom. The van der Waals surface area contributed by atoms with E-state index in [1.54, 1.807) is 11.3 Å². The molecule has 9 aromatic rings. The second-order valence-corrected chi connectivity index (χ2v) is 14.8. The van der Waals surface area contributed by atoms with Crippen molar-refractivity contribution in [2.24, 2.45) is 0 Å². The number of benzene rings is 6. The van der Waals surface area contributed by atoms with Crippen molar-refractivity contribution in [2.75, 3.05) is 0 Å². The van der Waals surface area contributed by atoms with Crippen molar-refractivity contribution in [3.8, 4) is 67.9 Å². The van der Waals surface area contributed by atoms with Crippen LogP contribution in [0.3, 0.4) is 0 Å². The summed E-state index contributed by atoms with van der Waals surface area (Å²) in [5.41, 5.74) is 11.8. The molecule has 0 saturated carbocycles. The zero-order valence-electron chi connectivity index (χ0n) is 28.6. The zero-order chi connectivity index (χ0) is 34.8. The zero-order valence-corrected chi connectivity index (χ0v) is 29.4. The molecule has 0 unspecified atom stereocenters. The third kappa shape index (κ3) is 4.94. The summed E-state index contributed by atoms with van der Waals surface area (Å²) in [6, 6.07) is 52.5. The topological polar surface area (TPSA) is 64.5 Å². The number of thiophene rings is 1. The van der Waals surface area contributed by atoms with E-state index in [9.17, 15) is 0 Å². The predicted molar refractivity (Wildman–Crippen MR) is 213 cm³/mol. The fraction of sp³-hybridized carbons (Fsp3) is 0.0652. The molecule has 0 bridgehead atoms. The number of aromatic nitrogens is 5. The summed E-state index contributed by atoms with van der Waals surface area (Å²) >= 11 is 1.74. The molecule has 0 aliphatic heterocycles. The van der Waals surface area contributed by atoms with E-state index < -0.39 is 0 Å². The highest BCUT2D eigenvalue weighted by Gasteiger charge is 2.35. The standard InChI is InChI=1S/C46H31N5S/c1-46(2)36-19-11-9-17-33(36)35-27-32(25-26-37(35)46)45-50-43(29-15-7-4-8-16-29)49-44(51-45)31-23-21-30(22-24-31)42-47-39(28-13-5-3-6-14-28)41-40(48-42)34-18-10-12-20-38(34)52-41/h3-27H,1-2H3. The van der Waals surface area contributed by atoms with Crippen LogP contribution in [0.2, 0.25) is 0 Å². The van der Waals surface area contributed by atoms with Crippen LogP contribution in [0.5, 0.6) is 0 Å². The largest absolute Gasteiger partial charge is 0.226 e. The van der Waals surface area contributed by atoms with Crippen molar-refractivity contribution in [2.45, 2.75) is 19.3 Å². The van der Waals surface area contributed by atoms with Gasteiger partial charge in [0.25, 0.3) is 0 Å². The van der Waals surface area contributed by atoms with Crippen molar-refractivity contribution in [3.63, 3.8) is 0 Å². The Hall–Kier alpha value is -6.37. The summed E-state index contributed by atoms with van der Waals surface area (Å²) in [4.78, 5) is 25.4. The van der Waals surface area contributed by atoms with Crippen LogP contribution >= 0.6 is 11.3 Å². The van der Waals surface area contributed by atoms with Gasteiger partial charge in [0.2, 0.25) is 0 Å². The van der Waals surface area contributed by atoms with Gasteiger partial charge in [0, 0.05) is 43.3 Å². The van der Waals surface area contributed by atoms with Gasteiger partial charge in [-0.05, 0) is 34.4 Å². The van der Waals surface area contributed by atoms with Gasteiger partial charge in [-0.15, -0.1) is 11.3 Å². The normalized spacial score (nSPS) is 13.0. The lowest BCUT2D eigenvalue weighted by atomic mass is 9.82. The van der Waals surface area contributed by atoms with Gasteiger partial charge in [0.15, 0.2) is 23.3 Å². The van der Waals surface area contributed by atoms with Gasteiger partial charge in [-0.1, -0.05) is 153 Å². The quantitative estimate of drug-likeness (QED) is 0.180. The summed E-state index contributed by atoms with van der Waals surface area (Å²) in [6.07, 6.45) is 0. The molecule has 0 atom stereocenters. The van der Waals surface area contributed by atoms with Gasteiger partial charge in [-0.3, -0.25) is 0 Å². The Morgan fingerprint density at radius 1 is 0.423 bits per heavy atom. The summed E-state index contributed by atoms with van der Waals surface area (Å²) in [5.74, 6) is 2.57. The fourth-order valence-corrected chi connectivity index (χ4v) is 8.64. The number of fused-ring (bicyclic) bond motifs is 6. The van der Waals surface area contributed by atoms with E-state index >= 15 is 0 Å². The van der Waals surface area contributed by atoms with Gasteiger partial charge < -0.3 is 0 Å². The Morgan fingerprint density at radius 3 is 1.65 bits per heavy atom. The van der Waals surface area contributed by atoms with E-state index in [1.165, 1.54) is 27.0 Å². The van der Waals surface area contributed by atoms with Gasteiger partial charge >= 0.3 is 0 Å². The SMILES string of the molecule is CC1(C)c2ccccc2-c2cc(-c3nc(-c4ccccc4)nc(-c4ccc(-c5nc(-c6ccccc6)c6sc7ccccc7c6n5)cc4)n3)ccc21. The minimum absolute atomic E-state index is 0.0711. The van der Waals surface area contributed by atoms with Crippen LogP contribution in [-0.4, -0.2) is 24.9 Å². The van der Waals surface area contributed by atoms with Crippen molar-refractivity contribution in [1.29, 1.82) is 0 Å². The maximum absolute atomic E-state index is 5.16. The molecule has 0 spiro atoms. The molecule has 6 heteroatoms. The third-order valence-electron chi connectivity index (χ3n) is 10.2. The highest BCUT2D eigenvalue weighted by molar-refractivity contribution is 7.26. The number of rotatable bonds is 5. The minimum Gasteiger partial charge on any atom is -0.226 e. The van der Waals surface area contributed by atoms with Crippen LogP contribution in [-0.2, 0) is 5.41 Å². The molecule has 0 saturated heterocycles. The summed E-state index contributed by atoms with van der Waals surface area (Å²) < 4.78 is 2.30. The summed E-state index contributed by atoms with van der Waals surface area (Å²) in [7, 11) is 0. The van der Waals surface area contributed by atoms with Crippen LogP contribution in [0.1, 0.15) is 25.0 Å². The summed E-state index contributed by atoms with van der Waals surface area (Å²) in [5, 5.41) is 1.14. The predicted octanol–water partition coefficient (Wildman–Crippen LogP) is 11.7. The number of hydrogen-bond acceptors (Lipinski definition) is 6. The van der Waals surface area contributed by atoms with E-state index in [1.807, 2.05) is 36.4 Å². The van der Waals surface area contributed by atoms with Crippen LogP contribution in [0.4, 0.5) is 0 Å². The number of nitrogens with zero attached hydrogens (tertiary/aromatic N) is 5. The van der Waals surface area contributed by atoms with E-state index in [4.69, 9.17) is 24.9 Å². The molecule has 0 fully saturated rings. The molecule has 5 nitrogen and oxygen atoms in total. The smallest absolute Gasteiger partial charge is 0.164 e. The molecule has 0 radical (unpaired) electrons. The average molecular weight is 686 g/mol. The molecule has 3 heterocycles. The Bertz CT molecular complexity index is 2810. The van der Waals surface area contributed by atoms with Crippen molar-refractivity contribution in [3.05, 3.63) is 163 Å². The maximum Gasteiger partial charge on any atom is 0.164 e. The molecular formula is C46H31N5S. The molecular weight excluding hydrogens is 655 g/mol. The van der Waals surface area contributed by atoms with Crippen LogP contribution in [0.15, 0.2) is 152 Å². The van der Waals surface area contributed by atoms with Gasteiger partial charge in [-0.2, -0.15) is 0 Å². The molecule has 52 heavy (non-hydrogen) atoms. The summed E-state index contributed by atoms with van der Waals surface area (Å²) in [6.45, 7) is 4.59. The molecule has 1 aliphatic carbocycles. The first-order valence-electron chi connectivity index (χ1n) is 17.4. The van der Waals surface area contributed by atoms with Gasteiger partial charge in [0.1, 0.15) is 0 Å². The molecule has 6 aromatic carbocycles. The molecule has 246 valence electrons. The second kappa shape index (κ2) is 11.9. The monoisotopic (exact) mass is 685 g/mol. The highest BCUT2D eigenvalue weighted by atomic mass is 32.1. The third-order valence-corrected chi connectivity index (χ3v) is 11.3. The van der Waals surface area contributed by atoms with Gasteiger partial charge in [-0.25, -0.2) is 24.9 Å². The van der Waals surface area contributed by atoms with Crippen LogP contribution in [0.25, 0.3) is 88.2 Å². The first-order chi connectivity index (χ1) is 25.5. The van der Waals surface area contributed by atoms with Crippen molar-refractivity contribution in [1.82, 2.24) is 24.9 Å². The minimum atomic E-state index is -0.0711. The second-order valence-electron chi connectivity index (χ2n) is 13.7. The average Bonchev–Trinajstić information content (AvgIpc) is 3.70. The van der Waals surface area contributed by atoms with Crippen LogP contribution < -0.4 is 0 Å². The molecule has 10 rings (SSSR count). The molecule has 1 aliphatic rings. The van der Waals surface area contributed by atoms with E-state index in [0.29, 0.717) is 23.3 Å². The van der Waals surface area contributed by atoms with E-state index in [-0.39, 0.29) is 5.41 Å². The van der Waals surface area contributed by atoms with Crippen molar-refractivity contribution < 1.29 is 0 Å². The van der Waals surface area contributed by atoms with Gasteiger partial charge in [0.05, 0.1) is 15.9 Å². The Labute approximate surface area is 305 Å². The Balaban J connectivity index is 1.09. The Kier molecular flexibility index (Phi) is 6.95. The lowest BCUT2D eigenvalue weighted by Crippen LogP contribution is -2.14. The van der Waals surface area contributed by atoms with Crippen LogP contribution in [0, 0.1) is 0 Å². The van der Waals surface area contributed by atoms with E-state index in [2.05, 4.69) is 129 Å². The van der Waals surface area contributed by atoms with Crippen molar-refractivity contribution >= 4 is 31.6 Å². The number of hydrogen-bond donors (Lipinski definition) is 0.